The molecule has 1 spiro atoms. The maximum atomic E-state index is 6.26. The lowest BCUT2D eigenvalue weighted by Crippen LogP contribution is -2.41. The van der Waals surface area contributed by atoms with Crippen LogP contribution in [-0.4, -0.2) is 18.3 Å². The Morgan fingerprint density at radius 2 is 0.761 bits per heavy atom. The first-order valence-electron chi connectivity index (χ1n) is 16.3. The van der Waals surface area contributed by atoms with Crippen molar-refractivity contribution in [2.24, 2.45) is 0 Å². The second kappa shape index (κ2) is 9.66. The van der Waals surface area contributed by atoms with E-state index in [4.69, 9.17) is 9.31 Å². The molecule has 6 aromatic rings. The van der Waals surface area contributed by atoms with E-state index in [1.807, 2.05) is 0 Å². The van der Waals surface area contributed by atoms with Crippen LogP contribution in [0.15, 0.2) is 140 Å². The molecule has 0 radical (unpaired) electrons. The van der Waals surface area contributed by atoms with Crippen molar-refractivity contribution < 1.29 is 9.31 Å². The Morgan fingerprint density at radius 3 is 1.24 bits per heavy atom. The van der Waals surface area contributed by atoms with Gasteiger partial charge in [0, 0.05) is 0 Å². The van der Waals surface area contributed by atoms with Crippen LogP contribution in [0.5, 0.6) is 0 Å². The predicted octanol–water partition coefficient (Wildman–Crippen LogP) is 9.66. The molecule has 0 bridgehead atoms. The molecule has 2 aliphatic carbocycles. The fourth-order valence-electron chi connectivity index (χ4n) is 7.94. The van der Waals surface area contributed by atoms with Gasteiger partial charge in [0.15, 0.2) is 0 Å². The number of hydrogen-bond acceptors (Lipinski definition) is 2. The molecule has 0 atom stereocenters. The molecule has 0 amide bonds. The van der Waals surface area contributed by atoms with Crippen molar-refractivity contribution in [2.75, 3.05) is 0 Å². The van der Waals surface area contributed by atoms with Crippen LogP contribution in [0.25, 0.3) is 44.5 Å². The van der Waals surface area contributed by atoms with Crippen molar-refractivity contribution in [1.82, 2.24) is 0 Å². The molecular weight excluding hydrogens is 559 g/mol. The van der Waals surface area contributed by atoms with E-state index in [1.54, 1.807) is 0 Å². The third kappa shape index (κ3) is 3.73. The molecule has 1 fully saturated rings. The molecule has 0 saturated carbocycles. The summed E-state index contributed by atoms with van der Waals surface area (Å²) < 4.78 is 12.5. The van der Waals surface area contributed by atoms with E-state index < -0.39 is 0 Å². The molecule has 6 aromatic carbocycles. The third-order valence-corrected chi connectivity index (χ3v) is 11.0. The van der Waals surface area contributed by atoms with E-state index in [9.17, 15) is 0 Å². The Balaban J connectivity index is 1.09. The smallest absolute Gasteiger partial charge is 0.399 e. The van der Waals surface area contributed by atoms with Crippen LogP contribution in [0.2, 0.25) is 0 Å². The SMILES string of the molecule is CC1(C)OB(c2ccc(-c3ccc(-c4ccc5c(c4)C4(c6ccccc6-c6ccccc64)c4ccccc4-5)cc3)cc2)OC1(C)C. The average molecular weight is 595 g/mol. The highest BCUT2D eigenvalue weighted by molar-refractivity contribution is 6.62. The van der Waals surface area contributed by atoms with Gasteiger partial charge in [-0.15, -0.1) is 0 Å². The summed E-state index contributed by atoms with van der Waals surface area (Å²) in [6.07, 6.45) is 0. The minimum Gasteiger partial charge on any atom is -0.399 e. The van der Waals surface area contributed by atoms with Crippen molar-refractivity contribution in [3.05, 3.63) is 162 Å². The lowest BCUT2D eigenvalue weighted by atomic mass is 9.70. The molecular formula is C43H35BO2. The van der Waals surface area contributed by atoms with Gasteiger partial charge in [-0.1, -0.05) is 133 Å². The monoisotopic (exact) mass is 594 g/mol. The lowest BCUT2D eigenvalue weighted by Gasteiger charge is -2.32. The maximum absolute atomic E-state index is 6.26. The Morgan fingerprint density at radius 1 is 0.391 bits per heavy atom. The van der Waals surface area contributed by atoms with Gasteiger partial charge in [0.1, 0.15) is 0 Å². The molecule has 1 aliphatic heterocycles. The standard InChI is InChI=1S/C43H35BO2/c1-41(2)42(3,4)46-44(45-41)32-24-21-29(22-25-32)28-17-19-30(20-18-28)31-23-26-36-35-13-7-10-16-39(35)43(40(36)27-31)37-14-8-5-11-33(37)34-12-6-9-15-38(34)43/h5-27H,1-4H3. The Bertz CT molecular complexity index is 2080. The molecule has 9 rings (SSSR count). The van der Waals surface area contributed by atoms with Crippen LogP contribution in [0.3, 0.4) is 0 Å². The topological polar surface area (TPSA) is 18.5 Å². The summed E-state index contributed by atoms with van der Waals surface area (Å²) in [4.78, 5) is 0. The summed E-state index contributed by atoms with van der Waals surface area (Å²) in [5.41, 5.74) is 15.6. The van der Waals surface area contributed by atoms with Crippen molar-refractivity contribution in [3.8, 4) is 44.5 Å². The van der Waals surface area contributed by atoms with E-state index >= 15 is 0 Å². The Labute approximate surface area is 271 Å². The zero-order valence-corrected chi connectivity index (χ0v) is 26.7. The normalized spacial score (nSPS) is 17.4. The van der Waals surface area contributed by atoms with Crippen LogP contribution in [-0.2, 0) is 14.7 Å². The number of fused-ring (bicyclic) bond motifs is 10. The second-order valence-corrected chi connectivity index (χ2v) is 13.9. The first-order valence-corrected chi connectivity index (χ1v) is 16.3. The zero-order chi connectivity index (χ0) is 31.3. The molecule has 46 heavy (non-hydrogen) atoms. The third-order valence-electron chi connectivity index (χ3n) is 11.0. The van der Waals surface area contributed by atoms with Crippen molar-refractivity contribution in [3.63, 3.8) is 0 Å². The van der Waals surface area contributed by atoms with Crippen molar-refractivity contribution in [1.29, 1.82) is 0 Å². The fraction of sp³-hybridized carbons (Fsp3) is 0.163. The molecule has 2 nitrogen and oxygen atoms in total. The van der Waals surface area contributed by atoms with Gasteiger partial charge in [-0.2, -0.15) is 0 Å². The van der Waals surface area contributed by atoms with Crippen LogP contribution >= 0.6 is 0 Å². The van der Waals surface area contributed by atoms with Crippen molar-refractivity contribution in [2.45, 2.75) is 44.3 Å². The summed E-state index contributed by atoms with van der Waals surface area (Å²) in [5.74, 6) is 0. The zero-order valence-electron chi connectivity index (χ0n) is 26.7. The maximum Gasteiger partial charge on any atom is 0.494 e. The van der Waals surface area contributed by atoms with Crippen LogP contribution in [0.4, 0.5) is 0 Å². The van der Waals surface area contributed by atoms with Gasteiger partial charge in [-0.25, -0.2) is 0 Å². The predicted molar refractivity (Wildman–Crippen MR) is 189 cm³/mol. The molecule has 1 heterocycles. The van der Waals surface area contributed by atoms with Gasteiger partial charge in [0.25, 0.3) is 0 Å². The molecule has 3 aliphatic rings. The largest absolute Gasteiger partial charge is 0.494 e. The molecule has 0 aromatic heterocycles. The van der Waals surface area contributed by atoms with E-state index in [0.29, 0.717) is 0 Å². The van der Waals surface area contributed by atoms with Crippen molar-refractivity contribution >= 4 is 12.6 Å². The number of benzene rings is 6. The Hall–Kier alpha value is -4.70. The average Bonchev–Trinajstić information content (AvgIpc) is 3.64. The highest BCUT2D eigenvalue weighted by atomic mass is 16.7. The van der Waals surface area contributed by atoms with E-state index in [1.165, 1.54) is 66.8 Å². The molecule has 222 valence electrons. The Kier molecular flexibility index (Phi) is 5.79. The number of rotatable bonds is 3. The fourth-order valence-corrected chi connectivity index (χ4v) is 7.94. The lowest BCUT2D eigenvalue weighted by molar-refractivity contribution is 0.00578. The second-order valence-electron chi connectivity index (χ2n) is 13.9. The molecule has 0 N–H and O–H groups in total. The first kappa shape index (κ1) is 27.6. The summed E-state index contributed by atoms with van der Waals surface area (Å²) >= 11 is 0. The van der Waals surface area contributed by atoms with Gasteiger partial charge in [0.2, 0.25) is 0 Å². The minimum atomic E-state index is -0.352. The highest BCUT2D eigenvalue weighted by Gasteiger charge is 2.52. The number of hydrogen-bond donors (Lipinski definition) is 0. The summed E-state index contributed by atoms with van der Waals surface area (Å²) in [7, 11) is -0.352. The molecule has 0 unspecified atom stereocenters. The van der Waals surface area contributed by atoms with E-state index in [0.717, 1.165) is 5.46 Å². The summed E-state index contributed by atoms with van der Waals surface area (Å²) in [6.45, 7) is 8.37. The first-order chi connectivity index (χ1) is 22.3. The van der Waals surface area contributed by atoms with Crippen LogP contribution in [0, 0.1) is 0 Å². The van der Waals surface area contributed by atoms with Gasteiger partial charge < -0.3 is 9.31 Å². The van der Waals surface area contributed by atoms with Crippen LogP contribution in [0.1, 0.15) is 49.9 Å². The van der Waals surface area contributed by atoms with Gasteiger partial charge >= 0.3 is 7.12 Å². The van der Waals surface area contributed by atoms with Gasteiger partial charge in [-0.3, -0.25) is 0 Å². The summed E-state index contributed by atoms with van der Waals surface area (Å²) in [6, 6.07) is 51.6. The van der Waals surface area contributed by atoms with Gasteiger partial charge in [0.05, 0.1) is 16.6 Å². The van der Waals surface area contributed by atoms with Crippen LogP contribution < -0.4 is 5.46 Å². The quantitative estimate of drug-likeness (QED) is 0.190. The minimum absolute atomic E-state index is 0.325. The highest BCUT2D eigenvalue weighted by Crippen LogP contribution is 2.63. The molecule has 1 saturated heterocycles. The summed E-state index contributed by atoms with van der Waals surface area (Å²) in [5, 5.41) is 0. The van der Waals surface area contributed by atoms with E-state index in [2.05, 4.69) is 167 Å². The van der Waals surface area contributed by atoms with E-state index in [-0.39, 0.29) is 23.7 Å². The van der Waals surface area contributed by atoms with Gasteiger partial charge in [-0.05, 0) is 106 Å². The molecule has 3 heteroatoms.